The molecule has 0 spiro atoms. The molecule has 0 saturated heterocycles. The molecule has 6 nitrogen and oxygen atoms in total. The fourth-order valence-electron chi connectivity index (χ4n) is 1.20. The summed E-state index contributed by atoms with van der Waals surface area (Å²) in [5.74, 6) is 1.01. The van der Waals surface area contributed by atoms with Crippen molar-refractivity contribution >= 4 is 11.8 Å². The molecule has 15 heavy (non-hydrogen) atoms. The fraction of sp³-hybridized carbons (Fsp3) is 0.500. The molecule has 0 aromatic carbocycles. The number of aromatic nitrogens is 6. The average molecular weight is 224 g/mol. The van der Waals surface area contributed by atoms with Gasteiger partial charge in [-0.2, -0.15) is 5.10 Å². The third-order valence-electron chi connectivity index (χ3n) is 1.98. The number of nitrogens with zero attached hydrogens (tertiary/aromatic N) is 5. The van der Waals surface area contributed by atoms with Crippen LogP contribution in [-0.2, 0) is 13.5 Å². The van der Waals surface area contributed by atoms with Gasteiger partial charge in [0.1, 0.15) is 0 Å². The molecule has 0 amide bonds. The molecule has 0 radical (unpaired) electrons. The van der Waals surface area contributed by atoms with E-state index >= 15 is 0 Å². The van der Waals surface area contributed by atoms with Crippen molar-refractivity contribution in [3.63, 3.8) is 0 Å². The first-order valence-corrected chi connectivity index (χ1v) is 5.67. The van der Waals surface area contributed by atoms with Gasteiger partial charge in [0, 0.05) is 19.0 Å². The van der Waals surface area contributed by atoms with Crippen LogP contribution in [0.4, 0.5) is 0 Å². The van der Waals surface area contributed by atoms with Crippen molar-refractivity contribution in [2.45, 2.75) is 18.0 Å². The van der Waals surface area contributed by atoms with E-state index in [1.807, 2.05) is 19.4 Å². The summed E-state index contributed by atoms with van der Waals surface area (Å²) in [4.78, 5) is 0. The Balaban J connectivity index is 1.70. The molecule has 2 aromatic heterocycles. The van der Waals surface area contributed by atoms with Crippen molar-refractivity contribution in [3.05, 3.63) is 18.0 Å². The van der Waals surface area contributed by atoms with Gasteiger partial charge in [0.05, 0.1) is 6.20 Å². The van der Waals surface area contributed by atoms with Crippen molar-refractivity contribution in [1.29, 1.82) is 0 Å². The Hall–Kier alpha value is -1.37. The van der Waals surface area contributed by atoms with E-state index in [4.69, 9.17) is 0 Å². The zero-order chi connectivity index (χ0) is 10.5. The smallest absolute Gasteiger partial charge is 0.209 e. The molecule has 2 heterocycles. The first kappa shape index (κ1) is 10.2. The molecular weight excluding hydrogens is 212 g/mol. The predicted octanol–water partition coefficient (Wildman–Crippen LogP) is 0.658. The van der Waals surface area contributed by atoms with Crippen LogP contribution in [0, 0.1) is 0 Å². The molecule has 7 heteroatoms. The third kappa shape index (κ3) is 2.79. The van der Waals surface area contributed by atoms with E-state index in [-0.39, 0.29) is 0 Å². The minimum atomic E-state index is 0.863. The zero-order valence-electron chi connectivity index (χ0n) is 8.42. The Morgan fingerprint density at radius 2 is 2.47 bits per heavy atom. The molecule has 0 saturated carbocycles. The maximum absolute atomic E-state index is 3.90. The molecule has 0 unspecified atom stereocenters. The molecule has 0 bridgehead atoms. The number of nitrogens with one attached hydrogen (secondary N) is 1. The topological polar surface area (TPSA) is 72.3 Å². The first-order valence-electron chi connectivity index (χ1n) is 4.69. The second kappa shape index (κ2) is 4.92. The SMILES string of the molecule is Cn1nnnc1SCCCc1cn[nH]c1. The highest BCUT2D eigenvalue weighted by atomic mass is 32.2. The number of tetrazole rings is 1. The van der Waals surface area contributed by atoms with Crippen LogP contribution < -0.4 is 0 Å². The lowest BCUT2D eigenvalue weighted by Gasteiger charge is -1.98. The maximum atomic E-state index is 3.90. The van der Waals surface area contributed by atoms with Gasteiger partial charge >= 0.3 is 0 Å². The summed E-state index contributed by atoms with van der Waals surface area (Å²) >= 11 is 1.67. The van der Waals surface area contributed by atoms with Gasteiger partial charge in [0.25, 0.3) is 0 Å². The summed E-state index contributed by atoms with van der Waals surface area (Å²) < 4.78 is 1.68. The van der Waals surface area contributed by atoms with Gasteiger partial charge < -0.3 is 0 Å². The maximum Gasteiger partial charge on any atom is 0.209 e. The van der Waals surface area contributed by atoms with Crippen molar-refractivity contribution in [3.8, 4) is 0 Å². The molecule has 2 aromatic rings. The Kier molecular flexibility index (Phi) is 3.33. The summed E-state index contributed by atoms with van der Waals surface area (Å²) in [6, 6.07) is 0. The summed E-state index contributed by atoms with van der Waals surface area (Å²) in [5.41, 5.74) is 1.24. The largest absolute Gasteiger partial charge is 0.285 e. The Bertz CT molecular complexity index is 395. The summed E-state index contributed by atoms with van der Waals surface area (Å²) in [5, 5.41) is 18.8. The zero-order valence-corrected chi connectivity index (χ0v) is 9.24. The lowest BCUT2D eigenvalue weighted by atomic mass is 10.2. The minimum Gasteiger partial charge on any atom is -0.285 e. The van der Waals surface area contributed by atoms with Crippen LogP contribution in [0.25, 0.3) is 0 Å². The molecule has 0 aliphatic heterocycles. The summed E-state index contributed by atoms with van der Waals surface area (Å²) in [7, 11) is 1.85. The second-order valence-corrected chi connectivity index (χ2v) is 4.21. The van der Waals surface area contributed by atoms with Crippen LogP contribution in [-0.4, -0.2) is 36.2 Å². The second-order valence-electron chi connectivity index (χ2n) is 3.14. The quantitative estimate of drug-likeness (QED) is 0.596. The highest BCUT2D eigenvalue weighted by Gasteiger charge is 2.02. The van der Waals surface area contributed by atoms with Crippen LogP contribution >= 0.6 is 11.8 Å². The summed E-state index contributed by atoms with van der Waals surface area (Å²) in [6.45, 7) is 0. The molecule has 0 fully saturated rings. The lowest BCUT2D eigenvalue weighted by molar-refractivity contribution is 0.664. The molecule has 0 aliphatic carbocycles. The molecule has 0 atom stereocenters. The highest BCUT2D eigenvalue weighted by Crippen LogP contribution is 2.14. The molecule has 1 N–H and O–H groups in total. The van der Waals surface area contributed by atoms with Crippen LogP contribution in [0.15, 0.2) is 17.6 Å². The number of aryl methyl sites for hydroxylation is 2. The lowest BCUT2D eigenvalue weighted by Crippen LogP contribution is -1.94. The van der Waals surface area contributed by atoms with E-state index in [1.165, 1.54) is 5.56 Å². The van der Waals surface area contributed by atoms with Gasteiger partial charge in [0.2, 0.25) is 5.16 Å². The monoisotopic (exact) mass is 224 g/mol. The third-order valence-corrected chi connectivity index (χ3v) is 3.07. The first-order chi connectivity index (χ1) is 7.36. The van der Waals surface area contributed by atoms with Crippen molar-refractivity contribution in [2.24, 2.45) is 7.05 Å². The highest BCUT2D eigenvalue weighted by molar-refractivity contribution is 7.99. The van der Waals surface area contributed by atoms with Crippen LogP contribution in [0.5, 0.6) is 0 Å². The van der Waals surface area contributed by atoms with E-state index in [0.717, 1.165) is 23.8 Å². The number of aromatic amines is 1. The molecule has 0 aliphatic rings. The summed E-state index contributed by atoms with van der Waals surface area (Å²) in [6.07, 6.45) is 5.91. The van der Waals surface area contributed by atoms with Gasteiger partial charge in [-0.15, -0.1) is 5.10 Å². The van der Waals surface area contributed by atoms with E-state index in [9.17, 15) is 0 Å². The van der Waals surface area contributed by atoms with E-state index in [0.29, 0.717) is 0 Å². The van der Waals surface area contributed by atoms with E-state index in [1.54, 1.807) is 16.4 Å². The number of hydrogen-bond acceptors (Lipinski definition) is 5. The van der Waals surface area contributed by atoms with Gasteiger partial charge in [-0.25, -0.2) is 4.68 Å². The number of H-pyrrole nitrogens is 1. The molecule has 2 rings (SSSR count). The number of rotatable bonds is 5. The van der Waals surface area contributed by atoms with Crippen molar-refractivity contribution < 1.29 is 0 Å². The van der Waals surface area contributed by atoms with Crippen molar-refractivity contribution in [2.75, 3.05) is 5.75 Å². The van der Waals surface area contributed by atoms with Gasteiger partial charge in [-0.05, 0) is 28.8 Å². The number of thioether (sulfide) groups is 1. The number of hydrogen-bond donors (Lipinski definition) is 1. The standard InChI is InChI=1S/C8H12N6S/c1-14-8(11-12-13-14)15-4-2-3-7-5-9-10-6-7/h5-6H,2-4H2,1H3,(H,9,10). The van der Waals surface area contributed by atoms with E-state index < -0.39 is 0 Å². The fourth-order valence-corrected chi connectivity index (χ4v) is 1.99. The predicted molar refractivity (Wildman–Crippen MR) is 56.4 cm³/mol. The van der Waals surface area contributed by atoms with Crippen LogP contribution in [0.2, 0.25) is 0 Å². The van der Waals surface area contributed by atoms with Gasteiger partial charge in [0.15, 0.2) is 0 Å². The van der Waals surface area contributed by atoms with Crippen LogP contribution in [0.1, 0.15) is 12.0 Å². The normalized spacial score (nSPS) is 10.7. The molecular formula is C8H12N6S. The minimum absolute atomic E-state index is 0.863. The Morgan fingerprint density at radius 3 is 3.13 bits per heavy atom. The van der Waals surface area contributed by atoms with E-state index in [2.05, 4.69) is 25.7 Å². The Labute approximate surface area is 91.5 Å². The van der Waals surface area contributed by atoms with Gasteiger partial charge in [-0.1, -0.05) is 11.8 Å². The molecule has 80 valence electrons. The average Bonchev–Trinajstić information content (AvgIpc) is 2.85. The van der Waals surface area contributed by atoms with Gasteiger partial charge in [-0.3, -0.25) is 5.10 Å². The Morgan fingerprint density at radius 1 is 1.53 bits per heavy atom. The van der Waals surface area contributed by atoms with Crippen LogP contribution in [0.3, 0.4) is 0 Å². The van der Waals surface area contributed by atoms with Crippen molar-refractivity contribution in [1.82, 2.24) is 30.4 Å².